The fourth-order valence-corrected chi connectivity index (χ4v) is 2.60. The Morgan fingerprint density at radius 1 is 1.04 bits per heavy atom. The lowest BCUT2D eigenvalue weighted by Crippen LogP contribution is -2.46. The Morgan fingerprint density at radius 3 is 2.44 bits per heavy atom. The zero-order valence-electron chi connectivity index (χ0n) is 14.4. The summed E-state index contributed by atoms with van der Waals surface area (Å²) in [6.07, 6.45) is 0.346. The Kier molecular flexibility index (Phi) is 5.78. The normalized spacial score (nSPS) is 11.5. The molecule has 6 nitrogen and oxygen atoms in total. The van der Waals surface area contributed by atoms with E-state index in [0.29, 0.717) is 22.0 Å². The fraction of sp³-hybridized carbons (Fsp3) is 0.100. The van der Waals surface area contributed by atoms with Gasteiger partial charge in [-0.1, -0.05) is 23.7 Å². The van der Waals surface area contributed by atoms with Crippen molar-refractivity contribution in [1.29, 1.82) is 0 Å². The first-order valence-corrected chi connectivity index (χ1v) is 8.50. The molecule has 0 aliphatic rings. The van der Waals surface area contributed by atoms with Gasteiger partial charge in [-0.3, -0.25) is 9.59 Å². The number of amides is 1. The van der Waals surface area contributed by atoms with Gasteiger partial charge in [-0.05, 0) is 48.5 Å². The van der Waals surface area contributed by atoms with Gasteiger partial charge in [-0.25, -0.2) is 0 Å². The molecular formula is C20H17ClN2O4. The van der Waals surface area contributed by atoms with Crippen LogP contribution in [0, 0.1) is 0 Å². The third kappa shape index (κ3) is 4.48. The number of carbonyl (C=O) groups excluding carboxylic acids is 2. The first kappa shape index (κ1) is 18.5. The van der Waals surface area contributed by atoms with E-state index in [1.807, 2.05) is 6.07 Å². The minimum absolute atomic E-state index is 0.103. The molecular weight excluding hydrogens is 368 g/mol. The number of carbonyl (C=O) groups is 2. The minimum atomic E-state index is -1.04. The molecule has 2 N–H and O–H groups in total. The van der Waals surface area contributed by atoms with Crippen LogP contribution in [0.15, 0.2) is 71.3 Å². The van der Waals surface area contributed by atoms with Crippen molar-refractivity contribution in [2.75, 3.05) is 12.4 Å². The molecule has 2 aromatic carbocycles. The molecule has 1 heterocycles. The number of furan rings is 1. The maximum Gasteiger partial charge on any atom is 0.288 e. The topological polar surface area (TPSA) is 80.6 Å². The highest BCUT2D eigenvalue weighted by Crippen LogP contribution is 2.24. The van der Waals surface area contributed by atoms with Crippen LogP contribution in [0.2, 0.25) is 5.02 Å². The number of hydrogen-bond donors (Lipinski definition) is 2. The summed E-state index contributed by atoms with van der Waals surface area (Å²) >= 11 is 5.89. The quantitative estimate of drug-likeness (QED) is 0.475. The zero-order valence-corrected chi connectivity index (χ0v) is 15.2. The number of benzene rings is 2. The molecule has 1 aromatic heterocycles. The van der Waals surface area contributed by atoms with Crippen molar-refractivity contribution in [3.8, 4) is 5.75 Å². The Bertz CT molecular complexity index is 923. The molecule has 0 radical (unpaired) electrons. The zero-order chi connectivity index (χ0) is 19.2. The second kappa shape index (κ2) is 8.42. The molecule has 0 aliphatic heterocycles. The van der Waals surface area contributed by atoms with E-state index < -0.39 is 12.1 Å². The third-order valence-electron chi connectivity index (χ3n) is 3.82. The summed E-state index contributed by atoms with van der Waals surface area (Å²) in [5.41, 5.74) is 0.957. The number of anilines is 1. The number of ketones is 1. The molecule has 0 fully saturated rings. The van der Waals surface area contributed by atoms with Crippen LogP contribution in [-0.2, 0) is 0 Å². The van der Waals surface area contributed by atoms with Crippen molar-refractivity contribution in [2.24, 2.45) is 0 Å². The number of para-hydroxylation sites is 2. The highest BCUT2D eigenvalue weighted by molar-refractivity contribution is 6.30. The molecule has 0 saturated heterocycles. The van der Waals surface area contributed by atoms with Gasteiger partial charge in [-0.15, -0.1) is 0 Å². The van der Waals surface area contributed by atoms with Crippen molar-refractivity contribution < 1.29 is 18.7 Å². The van der Waals surface area contributed by atoms with Crippen LogP contribution >= 0.6 is 11.6 Å². The summed E-state index contributed by atoms with van der Waals surface area (Å²) in [6.45, 7) is 0. The van der Waals surface area contributed by atoms with Crippen molar-refractivity contribution >= 4 is 29.0 Å². The van der Waals surface area contributed by atoms with Crippen LogP contribution in [0.1, 0.15) is 20.9 Å². The predicted octanol–water partition coefficient (Wildman–Crippen LogP) is 3.99. The molecule has 0 bridgehead atoms. The van der Waals surface area contributed by atoms with Gasteiger partial charge in [-0.2, -0.15) is 0 Å². The number of methoxy groups -OCH3 is 1. The number of Topliss-reactive ketones (excluding diaryl/α,β-unsaturated/α-hetero) is 1. The lowest BCUT2D eigenvalue weighted by atomic mass is 10.1. The standard InChI is InChI=1S/C20H17ClN2O4/c1-26-16-6-3-2-5-15(16)22-19(23-20(25)17-7-4-12-27-17)18(24)13-8-10-14(21)11-9-13/h2-12,19,22H,1H3,(H,23,25). The van der Waals surface area contributed by atoms with Gasteiger partial charge in [0.25, 0.3) is 5.91 Å². The average molecular weight is 385 g/mol. The predicted molar refractivity (Wildman–Crippen MR) is 102 cm³/mol. The number of nitrogens with one attached hydrogen (secondary N) is 2. The second-order valence-electron chi connectivity index (χ2n) is 5.60. The molecule has 7 heteroatoms. The SMILES string of the molecule is COc1ccccc1NC(NC(=O)c1ccco1)C(=O)c1ccc(Cl)cc1. The highest BCUT2D eigenvalue weighted by atomic mass is 35.5. The second-order valence-corrected chi connectivity index (χ2v) is 6.04. The maximum atomic E-state index is 13.0. The molecule has 1 unspecified atom stereocenters. The van der Waals surface area contributed by atoms with Gasteiger partial charge < -0.3 is 19.8 Å². The fourth-order valence-electron chi connectivity index (χ4n) is 2.48. The van der Waals surface area contributed by atoms with E-state index in [-0.39, 0.29) is 11.5 Å². The summed E-state index contributed by atoms with van der Waals surface area (Å²) in [6, 6.07) is 16.6. The number of hydrogen-bond acceptors (Lipinski definition) is 5. The van der Waals surface area contributed by atoms with Crippen LogP contribution in [0.25, 0.3) is 0 Å². The van der Waals surface area contributed by atoms with E-state index in [4.69, 9.17) is 20.8 Å². The molecule has 138 valence electrons. The summed E-state index contributed by atoms with van der Waals surface area (Å²) < 4.78 is 10.4. The van der Waals surface area contributed by atoms with Crippen molar-refractivity contribution in [1.82, 2.24) is 5.32 Å². The molecule has 1 atom stereocenters. The monoisotopic (exact) mass is 384 g/mol. The summed E-state index contributed by atoms with van der Waals surface area (Å²) in [5.74, 6) is -0.212. The van der Waals surface area contributed by atoms with Gasteiger partial charge in [0, 0.05) is 10.6 Å². The van der Waals surface area contributed by atoms with E-state index in [9.17, 15) is 9.59 Å². The molecule has 27 heavy (non-hydrogen) atoms. The molecule has 3 rings (SSSR count). The van der Waals surface area contributed by atoms with E-state index in [2.05, 4.69) is 10.6 Å². The first-order chi connectivity index (χ1) is 13.1. The maximum absolute atomic E-state index is 13.0. The molecule has 1 amide bonds. The van der Waals surface area contributed by atoms with Crippen molar-refractivity contribution in [3.63, 3.8) is 0 Å². The lowest BCUT2D eigenvalue weighted by Gasteiger charge is -2.21. The van der Waals surface area contributed by atoms with E-state index >= 15 is 0 Å². The van der Waals surface area contributed by atoms with Crippen LogP contribution in [0.3, 0.4) is 0 Å². The van der Waals surface area contributed by atoms with Crippen LogP contribution in [0.5, 0.6) is 5.75 Å². The summed E-state index contributed by atoms with van der Waals surface area (Å²) in [4.78, 5) is 25.4. The largest absolute Gasteiger partial charge is 0.495 e. The number of halogens is 1. The minimum Gasteiger partial charge on any atom is -0.495 e. The number of ether oxygens (including phenoxy) is 1. The smallest absolute Gasteiger partial charge is 0.288 e. The molecule has 0 spiro atoms. The van der Waals surface area contributed by atoms with E-state index in [0.717, 1.165) is 0 Å². The van der Waals surface area contributed by atoms with Crippen LogP contribution in [0.4, 0.5) is 5.69 Å². The molecule has 3 aromatic rings. The Morgan fingerprint density at radius 2 is 1.78 bits per heavy atom. The molecule has 0 saturated carbocycles. The molecule has 0 aliphatic carbocycles. The first-order valence-electron chi connectivity index (χ1n) is 8.12. The lowest BCUT2D eigenvalue weighted by molar-refractivity contribution is 0.0852. The number of rotatable bonds is 7. The van der Waals surface area contributed by atoms with Crippen LogP contribution < -0.4 is 15.4 Å². The average Bonchev–Trinajstić information content (AvgIpc) is 3.23. The Hall–Kier alpha value is -3.25. The Balaban J connectivity index is 1.89. The summed E-state index contributed by atoms with van der Waals surface area (Å²) in [5, 5.41) is 6.19. The van der Waals surface area contributed by atoms with Gasteiger partial charge in [0.1, 0.15) is 5.75 Å². The van der Waals surface area contributed by atoms with Gasteiger partial charge >= 0.3 is 0 Å². The van der Waals surface area contributed by atoms with E-state index in [1.54, 1.807) is 48.5 Å². The van der Waals surface area contributed by atoms with Crippen LogP contribution in [-0.4, -0.2) is 25.0 Å². The van der Waals surface area contributed by atoms with Gasteiger partial charge in [0.05, 0.1) is 19.1 Å². The third-order valence-corrected chi connectivity index (χ3v) is 4.07. The van der Waals surface area contributed by atoms with Gasteiger partial charge in [0.15, 0.2) is 11.9 Å². The van der Waals surface area contributed by atoms with Crippen molar-refractivity contribution in [2.45, 2.75) is 6.17 Å². The van der Waals surface area contributed by atoms with Crippen molar-refractivity contribution in [3.05, 3.63) is 83.3 Å². The van der Waals surface area contributed by atoms with E-state index in [1.165, 1.54) is 19.4 Å². The highest BCUT2D eigenvalue weighted by Gasteiger charge is 2.24. The Labute approximate surface area is 161 Å². The van der Waals surface area contributed by atoms with Gasteiger partial charge in [0.2, 0.25) is 5.78 Å². The summed E-state index contributed by atoms with van der Waals surface area (Å²) in [7, 11) is 1.53.